The molecule has 2 nitrogen and oxygen atoms in total. The van der Waals surface area contributed by atoms with Crippen molar-refractivity contribution in [3.63, 3.8) is 0 Å². The normalized spacial score (nSPS) is 10.9. The van der Waals surface area contributed by atoms with Gasteiger partial charge in [-0.2, -0.15) is 0 Å². The van der Waals surface area contributed by atoms with Gasteiger partial charge in [0.25, 0.3) is 0 Å². The van der Waals surface area contributed by atoms with Crippen LogP contribution >= 0.6 is 22.9 Å². The zero-order chi connectivity index (χ0) is 13.4. The molecule has 2 aromatic carbocycles. The predicted molar refractivity (Wildman–Crippen MR) is 74.3 cm³/mol. The van der Waals surface area contributed by atoms with E-state index in [1.165, 1.54) is 23.5 Å². The Labute approximate surface area is 116 Å². The number of thiazole rings is 1. The summed E-state index contributed by atoms with van der Waals surface area (Å²) in [5, 5.41) is 4.01. The van der Waals surface area contributed by atoms with E-state index < -0.39 is 11.6 Å². The SMILES string of the molecule is Fc1cc(F)cc(Nc2nc3cccc(Cl)c3s2)c1. The number of hydrogen-bond donors (Lipinski definition) is 1. The Bertz CT molecular complexity index is 737. The first kappa shape index (κ1) is 12.3. The van der Waals surface area contributed by atoms with E-state index in [0.29, 0.717) is 15.8 Å². The number of halogens is 3. The molecule has 1 heterocycles. The Kier molecular flexibility index (Phi) is 3.08. The highest BCUT2D eigenvalue weighted by atomic mass is 35.5. The molecule has 96 valence electrons. The molecule has 6 heteroatoms. The third-order valence-corrected chi connectivity index (χ3v) is 3.93. The summed E-state index contributed by atoms with van der Waals surface area (Å²) in [6, 6.07) is 8.63. The quantitative estimate of drug-likeness (QED) is 0.722. The van der Waals surface area contributed by atoms with Crippen molar-refractivity contribution in [3.8, 4) is 0 Å². The molecule has 0 fully saturated rings. The lowest BCUT2D eigenvalue weighted by Gasteiger charge is -2.02. The standard InChI is InChI=1S/C13H7ClF2N2S/c14-10-2-1-3-11-12(10)19-13(18-11)17-9-5-7(15)4-8(16)6-9/h1-6H,(H,17,18). The number of nitrogens with one attached hydrogen (secondary N) is 1. The fraction of sp³-hybridized carbons (Fsp3) is 0. The van der Waals surface area contributed by atoms with Gasteiger partial charge in [-0.3, -0.25) is 0 Å². The van der Waals surface area contributed by atoms with Gasteiger partial charge in [-0.15, -0.1) is 0 Å². The Hall–Kier alpha value is -1.72. The molecule has 0 unspecified atom stereocenters. The van der Waals surface area contributed by atoms with Gasteiger partial charge in [-0.1, -0.05) is 29.0 Å². The minimum absolute atomic E-state index is 0.313. The fourth-order valence-corrected chi connectivity index (χ4v) is 2.89. The zero-order valence-electron chi connectivity index (χ0n) is 9.45. The first-order valence-electron chi connectivity index (χ1n) is 5.40. The van der Waals surface area contributed by atoms with E-state index in [-0.39, 0.29) is 0 Å². The molecule has 0 amide bonds. The van der Waals surface area contributed by atoms with Crippen LogP contribution in [0.1, 0.15) is 0 Å². The molecule has 0 spiro atoms. The van der Waals surface area contributed by atoms with Crippen LogP contribution in [0.4, 0.5) is 19.6 Å². The summed E-state index contributed by atoms with van der Waals surface area (Å²) in [7, 11) is 0. The average Bonchev–Trinajstić information content (AvgIpc) is 2.71. The maximum atomic E-state index is 13.1. The van der Waals surface area contributed by atoms with Gasteiger partial charge in [0.05, 0.1) is 15.2 Å². The van der Waals surface area contributed by atoms with Crippen LogP contribution in [0.25, 0.3) is 10.2 Å². The van der Waals surface area contributed by atoms with E-state index in [1.54, 1.807) is 12.1 Å². The van der Waals surface area contributed by atoms with Crippen LogP contribution in [-0.4, -0.2) is 4.98 Å². The topological polar surface area (TPSA) is 24.9 Å². The molecular formula is C13H7ClF2N2S. The number of anilines is 2. The molecule has 0 saturated carbocycles. The van der Waals surface area contributed by atoms with Crippen molar-refractivity contribution < 1.29 is 8.78 Å². The summed E-state index contributed by atoms with van der Waals surface area (Å²) in [4.78, 5) is 4.31. The van der Waals surface area contributed by atoms with Crippen molar-refractivity contribution in [2.75, 3.05) is 5.32 Å². The van der Waals surface area contributed by atoms with Crippen LogP contribution in [0.3, 0.4) is 0 Å². The highest BCUT2D eigenvalue weighted by Gasteiger charge is 2.08. The molecule has 1 aromatic heterocycles. The van der Waals surface area contributed by atoms with E-state index >= 15 is 0 Å². The lowest BCUT2D eigenvalue weighted by Crippen LogP contribution is -1.91. The molecule has 0 bridgehead atoms. The second-order valence-corrected chi connectivity index (χ2v) is 5.30. The second-order valence-electron chi connectivity index (χ2n) is 3.89. The van der Waals surface area contributed by atoms with Crippen molar-refractivity contribution in [2.24, 2.45) is 0 Å². The first-order valence-corrected chi connectivity index (χ1v) is 6.59. The Morgan fingerprint density at radius 3 is 2.53 bits per heavy atom. The summed E-state index contributed by atoms with van der Waals surface area (Å²) in [5.74, 6) is -1.27. The third-order valence-electron chi connectivity index (χ3n) is 2.48. The number of nitrogens with zero attached hydrogens (tertiary/aromatic N) is 1. The first-order chi connectivity index (χ1) is 9.11. The summed E-state index contributed by atoms with van der Waals surface area (Å²) in [6.45, 7) is 0. The van der Waals surface area contributed by atoms with Crippen LogP contribution in [-0.2, 0) is 0 Å². The summed E-state index contributed by atoms with van der Waals surface area (Å²) in [5.41, 5.74) is 1.06. The fourth-order valence-electron chi connectivity index (χ4n) is 1.72. The number of rotatable bonds is 2. The lowest BCUT2D eigenvalue weighted by atomic mass is 10.3. The van der Waals surface area contributed by atoms with E-state index in [9.17, 15) is 8.78 Å². The smallest absolute Gasteiger partial charge is 0.188 e. The van der Waals surface area contributed by atoms with Gasteiger partial charge in [0.2, 0.25) is 0 Å². The van der Waals surface area contributed by atoms with Crippen molar-refractivity contribution >= 4 is 44.0 Å². The molecule has 0 atom stereocenters. The minimum Gasteiger partial charge on any atom is -0.331 e. The Morgan fingerprint density at radius 2 is 1.84 bits per heavy atom. The summed E-state index contributed by atoms with van der Waals surface area (Å²) >= 11 is 7.38. The van der Waals surface area contributed by atoms with Crippen molar-refractivity contribution in [2.45, 2.75) is 0 Å². The van der Waals surface area contributed by atoms with Gasteiger partial charge < -0.3 is 5.32 Å². The molecule has 0 saturated heterocycles. The Balaban J connectivity index is 1.99. The number of hydrogen-bond acceptors (Lipinski definition) is 3. The second kappa shape index (κ2) is 4.75. The number of fused-ring (bicyclic) bond motifs is 1. The van der Waals surface area contributed by atoms with Crippen LogP contribution in [0, 0.1) is 11.6 Å². The van der Waals surface area contributed by atoms with Gasteiger partial charge in [-0.05, 0) is 24.3 Å². The van der Waals surface area contributed by atoms with Crippen molar-refractivity contribution in [1.29, 1.82) is 0 Å². The van der Waals surface area contributed by atoms with E-state index in [2.05, 4.69) is 10.3 Å². The number of aromatic nitrogens is 1. The van der Waals surface area contributed by atoms with Crippen LogP contribution in [0.2, 0.25) is 5.02 Å². The van der Waals surface area contributed by atoms with Crippen molar-refractivity contribution in [3.05, 3.63) is 53.1 Å². The Morgan fingerprint density at radius 1 is 1.11 bits per heavy atom. The zero-order valence-corrected chi connectivity index (χ0v) is 11.0. The van der Waals surface area contributed by atoms with Gasteiger partial charge >= 0.3 is 0 Å². The molecule has 3 rings (SSSR count). The van der Waals surface area contributed by atoms with Crippen molar-refractivity contribution in [1.82, 2.24) is 4.98 Å². The monoisotopic (exact) mass is 296 g/mol. The molecule has 0 aliphatic rings. The van der Waals surface area contributed by atoms with Crippen LogP contribution in [0.15, 0.2) is 36.4 Å². The maximum Gasteiger partial charge on any atom is 0.188 e. The van der Waals surface area contributed by atoms with Gasteiger partial charge in [0.15, 0.2) is 5.13 Å². The van der Waals surface area contributed by atoms with Crippen LogP contribution in [0.5, 0.6) is 0 Å². The van der Waals surface area contributed by atoms with E-state index in [4.69, 9.17) is 11.6 Å². The summed E-state index contributed by atoms with van der Waals surface area (Å²) in [6.07, 6.45) is 0. The predicted octanol–water partition coefficient (Wildman–Crippen LogP) is 4.97. The van der Waals surface area contributed by atoms with Gasteiger partial charge in [0.1, 0.15) is 11.6 Å². The molecular weight excluding hydrogens is 290 g/mol. The maximum absolute atomic E-state index is 13.1. The molecule has 19 heavy (non-hydrogen) atoms. The highest BCUT2D eigenvalue weighted by molar-refractivity contribution is 7.22. The van der Waals surface area contributed by atoms with E-state index in [0.717, 1.165) is 16.3 Å². The summed E-state index contributed by atoms with van der Waals surface area (Å²) < 4.78 is 27.0. The molecule has 0 aliphatic heterocycles. The lowest BCUT2D eigenvalue weighted by molar-refractivity contribution is 0.584. The average molecular weight is 297 g/mol. The third kappa shape index (κ3) is 2.52. The van der Waals surface area contributed by atoms with Crippen LogP contribution < -0.4 is 5.32 Å². The van der Waals surface area contributed by atoms with E-state index in [1.807, 2.05) is 6.07 Å². The molecule has 0 radical (unpaired) electrons. The largest absolute Gasteiger partial charge is 0.331 e. The minimum atomic E-state index is -0.637. The molecule has 3 aromatic rings. The van der Waals surface area contributed by atoms with Gasteiger partial charge in [0, 0.05) is 11.8 Å². The highest BCUT2D eigenvalue weighted by Crippen LogP contribution is 2.33. The molecule has 0 aliphatic carbocycles. The number of benzene rings is 2. The van der Waals surface area contributed by atoms with Gasteiger partial charge in [-0.25, -0.2) is 13.8 Å². The molecule has 1 N–H and O–H groups in total.